The fourth-order valence-electron chi connectivity index (χ4n) is 2.03. The minimum Gasteiger partial charge on any atom is -0.481 e. The van der Waals surface area contributed by atoms with Gasteiger partial charge in [0.25, 0.3) is 0 Å². The van der Waals surface area contributed by atoms with Crippen molar-refractivity contribution in [3.63, 3.8) is 0 Å². The third-order valence-corrected chi connectivity index (χ3v) is 3.18. The van der Waals surface area contributed by atoms with Crippen LogP contribution in [0, 0.1) is 5.92 Å². The van der Waals surface area contributed by atoms with Crippen LogP contribution in [0.1, 0.15) is 12.8 Å². The van der Waals surface area contributed by atoms with E-state index in [-0.39, 0.29) is 0 Å². The molecule has 0 amide bonds. The van der Waals surface area contributed by atoms with E-state index in [1.165, 1.54) is 12.8 Å². The maximum Gasteiger partial charge on any atom is 0.214 e. The topological polar surface area (TPSA) is 51.4 Å². The molecule has 1 aliphatic carbocycles. The number of nitrogens with two attached hydrogens (primary N) is 1. The third-order valence-electron chi connectivity index (χ3n) is 3.18. The van der Waals surface area contributed by atoms with Crippen LogP contribution in [-0.4, -0.2) is 31.7 Å². The van der Waals surface area contributed by atoms with Crippen molar-refractivity contribution in [2.75, 3.05) is 25.6 Å². The first-order valence-corrected chi connectivity index (χ1v) is 5.70. The Morgan fingerprint density at radius 3 is 2.88 bits per heavy atom. The first-order chi connectivity index (χ1) is 7.76. The summed E-state index contributed by atoms with van der Waals surface area (Å²) in [7, 11) is 3.69. The van der Waals surface area contributed by atoms with Crippen molar-refractivity contribution in [2.45, 2.75) is 18.9 Å². The maximum atomic E-state index is 5.82. The standard InChI is InChI=1S/C12H19N3O/c1-15(10(8-13)9-6-7-9)11-4-3-5-12(14-11)16-2/h3-5,9-10H,6-8,13H2,1-2H3. The second kappa shape index (κ2) is 4.70. The minimum atomic E-state index is 0.402. The summed E-state index contributed by atoms with van der Waals surface area (Å²) in [6, 6.07) is 6.21. The highest BCUT2D eigenvalue weighted by Gasteiger charge is 2.33. The van der Waals surface area contributed by atoms with Gasteiger partial charge in [0.15, 0.2) is 0 Å². The van der Waals surface area contributed by atoms with E-state index in [4.69, 9.17) is 10.5 Å². The molecule has 0 aromatic carbocycles. The van der Waals surface area contributed by atoms with Crippen LogP contribution in [0.5, 0.6) is 5.88 Å². The molecular formula is C12H19N3O. The number of nitrogens with zero attached hydrogens (tertiary/aromatic N) is 2. The summed E-state index contributed by atoms with van der Waals surface area (Å²) in [6.45, 7) is 0.681. The molecule has 1 aromatic heterocycles. The second-order valence-corrected chi connectivity index (χ2v) is 4.29. The summed E-state index contributed by atoms with van der Waals surface area (Å²) in [4.78, 5) is 6.59. The Morgan fingerprint density at radius 1 is 1.56 bits per heavy atom. The van der Waals surface area contributed by atoms with Crippen LogP contribution >= 0.6 is 0 Å². The lowest BCUT2D eigenvalue weighted by Crippen LogP contribution is -2.40. The number of rotatable bonds is 5. The average Bonchev–Trinajstić information content (AvgIpc) is 3.14. The molecule has 0 bridgehead atoms. The highest BCUT2D eigenvalue weighted by atomic mass is 16.5. The van der Waals surface area contributed by atoms with E-state index in [0.717, 1.165) is 11.7 Å². The zero-order valence-electron chi connectivity index (χ0n) is 9.89. The number of hydrogen-bond donors (Lipinski definition) is 1. The Hall–Kier alpha value is -1.29. The predicted octanol–water partition coefficient (Wildman–Crippen LogP) is 1.26. The molecule has 1 heterocycles. The smallest absolute Gasteiger partial charge is 0.214 e. The van der Waals surface area contributed by atoms with Gasteiger partial charge in [0.1, 0.15) is 5.82 Å². The van der Waals surface area contributed by atoms with Gasteiger partial charge in [0.05, 0.1) is 7.11 Å². The lowest BCUT2D eigenvalue weighted by Gasteiger charge is -2.28. The number of aromatic nitrogens is 1. The number of likely N-dealkylation sites (N-methyl/N-ethyl adjacent to an activating group) is 1. The van der Waals surface area contributed by atoms with Gasteiger partial charge in [-0.1, -0.05) is 6.07 Å². The van der Waals surface area contributed by atoms with E-state index in [1.54, 1.807) is 7.11 Å². The molecule has 1 aromatic rings. The van der Waals surface area contributed by atoms with Gasteiger partial charge < -0.3 is 15.4 Å². The zero-order valence-corrected chi connectivity index (χ0v) is 9.89. The Kier molecular flexibility index (Phi) is 3.29. The molecule has 4 heteroatoms. The Balaban J connectivity index is 2.14. The quantitative estimate of drug-likeness (QED) is 0.813. The van der Waals surface area contributed by atoms with Gasteiger partial charge in [0, 0.05) is 25.7 Å². The van der Waals surface area contributed by atoms with E-state index >= 15 is 0 Å². The summed E-state index contributed by atoms with van der Waals surface area (Å²) in [5.41, 5.74) is 5.82. The van der Waals surface area contributed by atoms with Crippen molar-refractivity contribution in [3.05, 3.63) is 18.2 Å². The monoisotopic (exact) mass is 221 g/mol. The fraction of sp³-hybridized carbons (Fsp3) is 0.583. The number of anilines is 1. The molecule has 1 aliphatic rings. The number of hydrogen-bond acceptors (Lipinski definition) is 4. The molecule has 2 N–H and O–H groups in total. The normalized spacial score (nSPS) is 16.9. The van der Waals surface area contributed by atoms with Crippen LogP contribution in [0.15, 0.2) is 18.2 Å². The summed E-state index contributed by atoms with van der Waals surface area (Å²) in [6.07, 6.45) is 2.58. The van der Waals surface area contributed by atoms with Crippen molar-refractivity contribution >= 4 is 5.82 Å². The van der Waals surface area contributed by atoms with E-state index in [0.29, 0.717) is 18.5 Å². The van der Waals surface area contributed by atoms with Gasteiger partial charge in [-0.3, -0.25) is 0 Å². The summed E-state index contributed by atoms with van der Waals surface area (Å²) in [5, 5.41) is 0. The molecule has 0 aliphatic heterocycles. The molecule has 1 fully saturated rings. The van der Waals surface area contributed by atoms with Crippen LogP contribution in [0.4, 0.5) is 5.82 Å². The highest BCUT2D eigenvalue weighted by Crippen LogP contribution is 2.35. The molecule has 0 spiro atoms. The number of methoxy groups -OCH3 is 1. The summed E-state index contributed by atoms with van der Waals surface area (Å²) >= 11 is 0. The lowest BCUT2D eigenvalue weighted by molar-refractivity contribution is 0.397. The fourth-order valence-corrected chi connectivity index (χ4v) is 2.03. The molecule has 88 valence electrons. The van der Waals surface area contributed by atoms with Crippen molar-refractivity contribution in [1.29, 1.82) is 0 Å². The Morgan fingerprint density at radius 2 is 2.31 bits per heavy atom. The SMILES string of the molecule is COc1cccc(N(C)C(CN)C2CC2)n1. The minimum absolute atomic E-state index is 0.402. The van der Waals surface area contributed by atoms with Crippen LogP contribution in [0.25, 0.3) is 0 Å². The van der Waals surface area contributed by atoms with Crippen molar-refractivity contribution in [1.82, 2.24) is 4.98 Å². The zero-order chi connectivity index (χ0) is 11.5. The van der Waals surface area contributed by atoms with E-state index < -0.39 is 0 Å². The largest absolute Gasteiger partial charge is 0.481 e. The van der Waals surface area contributed by atoms with E-state index in [9.17, 15) is 0 Å². The predicted molar refractivity (Wildman–Crippen MR) is 64.8 cm³/mol. The van der Waals surface area contributed by atoms with Gasteiger partial charge in [-0.05, 0) is 24.8 Å². The molecule has 1 atom stereocenters. The molecule has 1 saturated carbocycles. The van der Waals surface area contributed by atoms with Gasteiger partial charge in [-0.25, -0.2) is 0 Å². The van der Waals surface area contributed by atoms with Crippen molar-refractivity contribution < 1.29 is 4.74 Å². The molecule has 4 nitrogen and oxygen atoms in total. The third kappa shape index (κ3) is 2.27. The van der Waals surface area contributed by atoms with Crippen LogP contribution in [0.3, 0.4) is 0 Å². The molecule has 1 unspecified atom stereocenters. The van der Waals surface area contributed by atoms with Crippen molar-refractivity contribution in [3.8, 4) is 5.88 Å². The Labute approximate surface area is 96.4 Å². The number of ether oxygens (including phenoxy) is 1. The van der Waals surface area contributed by atoms with Gasteiger partial charge in [0.2, 0.25) is 5.88 Å². The van der Waals surface area contributed by atoms with Crippen LogP contribution < -0.4 is 15.4 Å². The van der Waals surface area contributed by atoms with Crippen molar-refractivity contribution in [2.24, 2.45) is 11.7 Å². The van der Waals surface area contributed by atoms with E-state index in [2.05, 4.69) is 16.9 Å². The Bertz CT molecular complexity index is 352. The maximum absolute atomic E-state index is 5.82. The lowest BCUT2D eigenvalue weighted by atomic mass is 10.1. The van der Waals surface area contributed by atoms with Gasteiger partial charge >= 0.3 is 0 Å². The van der Waals surface area contributed by atoms with Gasteiger partial charge in [-0.15, -0.1) is 0 Å². The number of pyridine rings is 1. The van der Waals surface area contributed by atoms with E-state index in [1.807, 2.05) is 18.2 Å². The van der Waals surface area contributed by atoms with Gasteiger partial charge in [-0.2, -0.15) is 4.98 Å². The molecule has 16 heavy (non-hydrogen) atoms. The summed E-state index contributed by atoms with van der Waals surface area (Å²) < 4.78 is 5.13. The average molecular weight is 221 g/mol. The molecular weight excluding hydrogens is 202 g/mol. The highest BCUT2D eigenvalue weighted by molar-refractivity contribution is 5.41. The van der Waals surface area contributed by atoms with Crippen LogP contribution in [-0.2, 0) is 0 Å². The van der Waals surface area contributed by atoms with Crippen LogP contribution in [0.2, 0.25) is 0 Å². The first-order valence-electron chi connectivity index (χ1n) is 5.70. The molecule has 0 saturated heterocycles. The molecule has 0 radical (unpaired) electrons. The first kappa shape index (κ1) is 11.2. The molecule has 2 rings (SSSR count). The second-order valence-electron chi connectivity index (χ2n) is 4.29. The summed E-state index contributed by atoms with van der Waals surface area (Å²) in [5.74, 6) is 2.32.